The SMILES string of the molecule is CC(c1cccs1)N(C)C(=O)n1cc[n+](C)c1.[I-]. The number of carbonyl (C=O) groups is 1. The van der Waals surface area contributed by atoms with Gasteiger partial charge in [0.2, 0.25) is 0 Å². The van der Waals surface area contributed by atoms with Crippen LogP contribution in [-0.4, -0.2) is 22.5 Å². The highest BCUT2D eigenvalue weighted by Gasteiger charge is 2.23. The van der Waals surface area contributed by atoms with Crippen LogP contribution < -0.4 is 28.5 Å². The molecule has 1 amide bonds. The molecule has 1 unspecified atom stereocenters. The summed E-state index contributed by atoms with van der Waals surface area (Å²) < 4.78 is 3.44. The second kappa shape index (κ2) is 6.33. The maximum atomic E-state index is 12.2. The summed E-state index contributed by atoms with van der Waals surface area (Å²) in [6.45, 7) is 2.03. The molecular weight excluding hydrogens is 361 g/mol. The monoisotopic (exact) mass is 377 g/mol. The van der Waals surface area contributed by atoms with Crippen LogP contribution in [-0.2, 0) is 7.05 Å². The van der Waals surface area contributed by atoms with Gasteiger partial charge in [-0.3, -0.25) is 4.90 Å². The van der Waals surface area contributed by atoms with Gasteiger partial charge < -0.3 is 24.0 Å². The molecule has 0 aliphatic rings. The van der Waals surface area contributed by atoms with Gasteiger partial charge in [-0.2, -0.15) is 4.57 Å². The van der Waals surface area contributed by atoms with Gasteiger partial charge in [0.05, 0.1) is 13.1 Å². The maximum absolute atomic E-state index is 12.2. The number of nitrogens with zero attached hydrogens (tertiary/aromatic N) is 3. The lowest BCUT2D eigenvalue weighted by Crippen LogP contribution is -3.00. The third kappa shape index (κ3) is 3.11. The van der Waals surface area contributed by atoms with E-state index in [9.17, 15) is 4.79 Å². The Kier molecular flexibility index (Phi) is 5.33. The van der Waals surface area contributed by atoms with Crippen molar-refractivity contribution in [2.75, 3.05) is 7.05 Å². The molecule has 0 N–H and O–H groups in total. The Morgan fingerprint density at radius 1 is 1.56 bits per heavy atom. The number of rotatable bonds is 2. The number of aromatic nitrogens is 2. The minimum absolute atomic E-state index is 0. The van der Waals surface area contributed by atoms with E-state index in [0.29, 0.717) is 0 Å². The number of amides is 1. The fourth-order valence-corrected chi connectivity index (χ4v) is 2.46. The molecule has 6 heteroatoms. The topological polar surface area (TPSA) is 29.1 Å². The normalized spacial score (nSPS) is 11.7. The van der Waals surface area contributed by atoms with Crippen LogP contribution in [0.25, 0.3) is 0 Å². The standard InChI is InChI=1S/C12H16N3OS.HI/c1-10(11-5-4-8-17-11)14(3)12(16)15-7-6-13(2)9-15;/h4-10H,1-3H3;1H/q+1;/p-1. The highest BCUT2D eigenvalue weighted by Crippen LogP contribution is 2.23. The van der Waals surface area contributed by atoms with Crippen molar-refractivity contribution in [3.8, 4) is 0 Å². The molecule has 2 rings (SSSR count). The second-order valence-corrected chi connectivity index (χ2v) is 5.05. The Morgan fingerprint density at radius 2 is 2.28 bits per heavy atom. The van der Waals surface area contributed by atoms with Crippen molar-refractivity contribution < 1.29 is 33.3 Å². The first-order chi connectivity index (χ1) is 8.09. The van der Waals surface area contributed by atoms with Crippen LogP contribution in [0, 0.1) is 0 Å². The van der Waals surface area contributed by atoms with Gasteiger partial charge in [-0.1, -0.05) is 6.07 Å². The molecule has 98 valence electrons. The zero-order chi connectivity index (χ0) is 12.4. The van der Waals surface area contributed by atoms with E-state index < -0.39 is 0 Å². The number of aryl methyl sites for hydroxylation is 1. The number of thiophene rings is 1. The number of hydrogen-bond donors (Lipinski definition) is 0. The van der Waals surface area contributed by atoms with Crippen LogP contribution in [0.2, 0.25) is 0 Å². The van der Waals surface area contributed by atoms with Crippen LogP contribution >= 0.6 is 11.3 Å². The molecule has 1 atom stereocenters. The zero-order valence-electron chi connectivity index (χ0n) is 10.6. The van der Waals surface area contributed by atoms with E-state index in [-0.39, 0.29) is 36.0 Å². The smallest absolute Gasteiger partial charge is 0.416 e. The van der Waals surface area contributed by atoms with Crippen LogP contribution in [0.1, 0.15) is 17.8 Å². The molecule has 0 aliphatic carbocycles. The van der Waals surface area contributed by atoms with Crippen molar-refractivity contribution in [2.24, 2.45) is 7.05 Å². The van der Waals surface area contributed by atoms with Crippen LogP contribution in [0.3, 0.4) is 0 Å². The zero-order valence-corrected chi connectivity index (χ0v) is 13.6. The minimum atomic E-state index is -0.0218. The van der Waals surface area contributed by atoms with Gasteiger partial charge in [0.1, 0.15) is 12.4 Å². The first-order valence-corrected chi connectivity index (χ1v) is 6.31. The van der Waals surface area contributed by atoms with Crippen molar-refractivity contribution in [3.63, 3.8) is 0 Å². The highest BCUT2D eigenvalue weighted by atomic mass is 127. The predicted molar refractivity (Wildman–Crippen MR) is 66.9 cm³/mol. The van der Waals surface area contributed by atoms with Gasteiger partial charge in [0.25, 0.3) is 6.33 Å². The summed E-state index contributed by atoms with van der Waals surface area (Å²) in [4.78, 5) is 15.1. The summed E-state index contributed by atoms with van der Waals surface area (Å²) >= 11 is 1.67. The van der Waals surface area contributed by atoms with Crippen molar-refractivity contribution in [2.45, 2.75) is 13.0 Å². The van der Waals surface area contributed by atoms with Gasteiger partial charge in [-0.05, 0) is 18.4 Å². The van der Waals surface area contributed by atoms with E-state index >= 15 is 0 Å². The van der Waals surface area contributed by atoms with Crippen LogP contribution in [0.15, 0.2) is 36.2 Å². The number of hydrogen-bond acceptors (Lipinski definition) is 2. The van der Waals surface area contributed by atoms with Crippen LogP contribution in [0.4, 0.5) is 4.79 Å². The Balaban J connectivity index is 0.00000162. The van der Waals surface area contributed by atoms with Crippen molar-refractivity contribution in [3.05, 3.63) is 41.1 Å². The van der Waals surface area contributed by atoms with Crippen molar-refractivity contribution in [1.82, 2.24) is 9.47 Å². The molecule has 0 fully saturated rings. The Morgan fingerprint density at radius 3 is 2.78 bits per heavy atom. The van der Waals surface area contributed by atoms with Gasteiger partial charge in [0.15, 0.2) is 0 Å². The van der Waals surface area contributed by atoms with Crippen molar-refractivity contribution >= 4 is 17.4 Å². The lowest BCUT2D eigenvalue weighted by molar-refractivity contribution is -0.670. The summed E-state index contributed by atoms with van der Waals surface area (Å²) in [6, 6.07) is 4.13. The molecule has 4 nitrogen and oxygen atoms in total. The molecule has 2 heterocycles. The molecule has 18 heavy (non-hydrogen) atoms. The molecule has 0 aliphatic heterocycles. The fraction of sp³-hybridized carbons (Fsp3) is 0.333. The van der Waals surface area contributed by atoms with E-state index in [1.165, 1.54) is 4.88 Å². The van der Waals surface area contributed by atoms with Crippen molar-refractivity contribution in [1.29, 1.82) is 0 Å². The lowest BCUT2D eigenvalue weighted by atomic mass is 10.2. The molecule has 0 saturated carbocycles. The van der Waals surface area contributed by atoms with E-state index in [1.807, 2.05) is 43.2 Å². The predicted octanol–water partition coefficient (Wildman–Crippen LogP) is -0.961. The van der Waals surface area contributed by atoms with E-state index in [4.69, 9.17) is 0 Å². The fourth-order valence-electron chi connectivity index (χ4n) is 1.63. The molecule has 0 aromatic carbocycles. The molecular formula is C12H16IN3OS. The summed E-state index contributed by atoms with van der Waals surface area (Å²) in [6.07, 6.45) is 5.38. The molecule has 0 spiro atoms. The van der Waals surface area contributed by atoms with Gasteiger partial charge >= 0.3 is 6.03 Å². The number of imidazole rings is 1. The molecule has 0 radical (unpaired) electrons. The van der Waals surface area contributed by atoms with Crippen LogP contribution in [0.5, 0.6) is 0 Å². The van der Waals surface area contributed by atoms with Gasteiger partial charge in [-0.25, -0.2) is 9.36 Å². The average Bonchev–Trinajstić information content (AvgIpc) is 2.96. The molecule has 2 aromatic heterocycles. The molecule has 0 bridgehead atoms. The first kappa shape index (κ1) is 15.2. The van der Waals surface area contributed by atoms with Gasteiger partial charge in [0, 0.05) is 11.9 Å². The van der Waals surface area contributed by atoms with E-state index in [1.54, 1.807) is 33.3 Å². The van der Waals surface area contributed by atoms with E-state index in [2.05, 4.69) is 6.07 Å². The van der Waals surface area contributed by atoms with E-state index in [0.717, 1.165) is 0 Å². The Bertz CT molecular complexity index is 509. The molecule has 0 saturated heterocycles. The molecule has 2 aromatic rings. The maximum Gasteiger partial charge on any atom is 0.416 e. The second-order valence-electron chi connectivity index (χ2n) is 4.07. The number of carbonyl (C=O) groups excluding carboxylic acids is 1. The summed E-state index contributed by atoms with van der Waals surface area (Å²) in [5, 5.41) is 2.03. The summed E-state index contributed by atoms with van der Waals surface area (Å²) in [5.74, 6) is 0. The third-order valence-corrected chi connectivity index (χ3v) is 3.87. The largest absolute Gasteiger partial charge is 1.00 e. The first-order valence-electron chi connectivity index (χ1n) is 5.43. The summed E-state index contributed by atoms with van der Waals surface area (Å²) in [7, 11) is 3.72. The number of halogens is 1. The average molecular weight is 377 g/mol. The lowest BCUT2D eigenvalue weighted by Gasteiger charge is -2.21. The Hall–Kier alpha value is -0.890. The third-order valence-electron chi connectivity index (χ3n) is 2.83. The summed E-state index contributed by atoms with van der Waals surface area (Å²) in [5.41, 5.74) is 0. The Labute approximate surface area is 128 Å². The highest BCUT2D eigenvalue weighted by molar-refractivity contribution is 7.10. The van der Waals surface area contributed by atoms with Gasteiger partial charge in [-0.15, -0.1) is 11.3 Å². The quantitative estimate of drug-likeness (QED) is 0.490. The minimum Gasteiger partial charge on any atom is -1.00 e.